The molecular formula is C29H26N6O3. The van der Waals surface area contributed by atoms with Gasteiger partial charge in [0.05, 0.1) is 12.2 Å². The van der Waals surface area contributed by atoms with Gasteiger partial charge in [-0.2, -0.15) is 5.26 Å². The molecule has 3 heterocycles. The average Bonchev–Trinajstić information content (AvgIpc) is 3.49. The van der Waals surface area contributed by atoms with Crippen LogP contribution in [0.4, 0.5) is 11.4 Å². The molecule has 1 aliphatic carbocycles. The predicted octanol–water partition coefficient (Wildman–Crippen LogP) is 5.33. The molecule has 2 aromatic heterocycles. The lowest BCUT2D eigenvalue weighted by Gasteiger charge is -2.16. The van der Waals surface area contributed by atoms with Gasteiger partial charge in [-0.15, -0.1) is 5.10 Å². The van der Waals surface area contributed by atoms with Gasteiger partial charge >= 0.3 is 0 Å². The normalized spacial score (nSPS) is 17.3. The molecule has 2 fully saturated rings. The summed E-state index contributed by atoms with van der Waals surface area (Å²) in [6.07, 6.45) is 6.04. The van der Waals surface area contributed by atoms with Crippen LogP contribution in [0.15, 0.2) is 78.5 Å². The molecule has 1 aliphatic heterocycles. The Morgan fingerprint density at radius 1 is 1.08 bits per heavy atom. The van der Waals surface area contributed by atoms with Gasteiger partial charge in [0.2, 0.25) is 5.88 Å². The third-order valence-electron chi connectivity index (χ3n) is 6.63. The summed E-state index contributed by atoms with van der Waals surface area (Å²) in [4.78, 5) is 18.9. The van der Waals surface area contributed by atoms with Crippen LogP contribution in [0.3, 0.4) is 0 Å². The number of anilines is 2. The van der Waals surface area contributed by atoms with Gasteiger partial charge < -0.3 is 19.7 Å². The number of aromatic nitrogens is 3. The number of aromatic amines is 1. The Bertz CT molecular complexity index is 1520. The summed E-state index contributed by atoms with van der Waals surface area (Å²) in [6.45, 7) is 0.944. The van der Waals surface area contributed by atoms with Crippen molar-refractivity contribution in [2.45, 2.75) is 25.4 Å². The summed E-state index contributed by atoms with van der Waals surface area (Å²) >= 11 is 0. The van der Waals surface area contributed by atoms with Crippen LogP contribution in [-0.2, 0) is 4.79 Å². The third-order valence-corrected chi connectivity index (χ3v) is 6.63. The van der Waals surface area contributed by atoms with Crippen LogP contribution in [0, 0.1) is 17.2 Å². The van der Waals surface area contributed by atoms with E-state index in [4.69, 9.17) is 9.47 Å². The van der Waals surface area contributed by atoms with Gasteiger partial charge in [0, 0.05) is 24.8 Å². The SMILES string of the molecule is N#C/C(=C\C1CC1)C(=O)N1CC[C@@H](Oc2n[nH]c3nccc(Nc4ccc(Oc5ccccc5)cc4)c23)C1. The minimum atomic E-state index is -0.228. The van der Waals surface area contributed by atoms with Crippen LogP contribution in [-0.4, -0.2) is 45.2 Å². The number of carbonyl (C=O) groups is 1. The maximum Gasteiger partial charge on any atom is 0.264 e. The molecule has 1 atom stereocenters. The zero-order valence-corrected chi connectivity index (χ0v) is 20.6. The van der Waals surface area contributed by atoms with Crippen molar-refractivity contribution >= 4 is 28.3 Å². The highest BCUT2D eigenvalue weighted by Gasteiger charge is 2.32. The van der Waals surface area contributed by atoms with Crippen LogP contribution in [0.25, 0.3) is 11.0 Å². The third kappa shape index (κ3) is 5.15. The Labute approximate surface area is 219 Å². The molecule has 1 saturated heterocycles. The van der Waals surface area contributed by atoms with E-state index < -0.39 is 0 Å². The van der Waals surface area contributed by atoms with E-state index in [1.165, 1.54) is 0 Å². The minimum absolute atomic E-state index is 0.221. The van der Waals surface area contributed by atoms with E-state index in [9.17, 15) is 10.1 Å². The molecule has 0 spiro atoms. The molecular weight excluding hydrogens is 480 g/mol. The smallest absolute Gasteiger partial charge is 0.264 e. The van der Waals surface area contributed by atoms with Crippen molar-refractivity contribution in [1.29, 1.82) is 5.26 Å². The summed E-state index contributed by atoms with van der Waals surface area (Å²) in [7, 11) is 0. The average molecular weight is 507 g/mol. The molecule has 1 saturated carbocycles. The molecule has 190 valence electrons. The molecule has 6 rings (SSSR count). The monoisotopic (exact) mass is 506 g/mol. The molecule has 0 bridgehead atoms. The van der Waals surface area contributed by atoms with Crippen molar-refractivity contribution in [2.24, 2.45) is 5.92 Å². The Hall–Kier alpha value is -4.84. The number of likely N-dealkylation sites (tertiary alicyclic amines) is 1. The van der Waals surface area contributed by atoms with Crippen molar-refractivity contribution in [2.75, 3.05) is 18.4 Å². The molecule has 1 amide bonds. The lowest BCUT2D eigenvalue weighted by atomic mass is 10.2. The Balaban J connectivity index is 1.15. The number of carbonyl (C=O) groups excluding carboxylic acids is 1. The van der Waals surface area contributed by atoms with Crippen molar-refractivity contribution in [3.63, 3.8) is 0 Å². The van der Waals surface area contributed by atoms with Gasteiger partial charge in [-0.1, -0.05) is 24.3 Å². The first-order valence-corrected chi connectivity index (χ1v) is 12.7. The highest BCUT2D eigenvalue weighted by Crippen LogP contribution is 2.34. The first kappa shape index (κ1) is 23.6. The molecule has 2 aliphatic rings. The van der Waals surface area contributed by atoms with Gasteiger partial charge in [0.25, 0.3) is 5.91 Å². The number of benzene rings is 2. The fourth-order valence-electron chi connectivity index (χ4n) is 4.49. The number of nitriles is 1. The van der Waals surface area contributed by atoms with E-state index >= 15 is 0 Å². The standard InChI is InChI=1S/C29H26N6O3/c30-17-20(16-19-6-7-19)29(36)35-15-13-24(18-35)38-28-26-25(12-14-31-27(26)33-34-28)32-21-8-10-23(11-9-21)37-22-4-2-1-3-5-22/h1-5,8-12,14,16,19,24H,6-7,13,15,18H2,(H2,31,32,33,34)/b20-16+/t24-/m1/s1. The Morgan fingerprint density at radius 2 is 1.87 bits per heavy atom. The molecule has 2 aromatic carbocycles. The second kappa shape index (κ2) is 10.3. The highest BCUT2D eigenvalue weighted by molar-refractivity contribution is 5.97. The Morgan fingerprint density at radius 3 is 2.63 bits per heavy atom. The summed E-state index contributed by atoms with van der Waals surface area (Å²) in [5, 5.41) is 20.9. The van der Waals surface area contributed by atoms with Gasteiger partial charge in [-0.3, -0.25) is 9.89 Å². The van der Waals surface area contributed by atoms with Crippen molar-refractivity contribution in [3.05, 3.63) is 78.5 Å². The fourth-order valence-corrected chi connectivity index (χ4v) is 4.49. The molecule has 0 radical (unpaired) electrons. The molecule has 9 nitrogen and oxygen atoms in total. The van der Waals surface area contributed by atoms with Crippen molar-refractivity contribution < 1.29 is 14.3 Å². The number of nitrogens with one attached hydrogen (secondary N) is 2. The first-order valence-electron chi connectivity index (χ1n) is 12.7. The number of H-pyrrole nitrogens is 1. The van der Waals surface area contributed by atoms with E-state index in [0.717, 1.165) is 41.1 Å². The number of nitrogens with zero attached hydrogens (tertiary/aromatic N) is 4. The number of fused-ring (bicyclic) bond motifs is 1. The lowest BCUT2D eigenvalue weighted by Crippen LogP contribution is -2.31. The largest absolute Gasteiger partial charge is 0.471 e. The number of amides is 1. The Kier molecular flexibility index (Phi) is 6.36. The molecule has 38 heavy (non-hydrogen) atoms. The van der Waals surface area contributed by atoms with Crippen molar-refractivity contribution in [3.8, 4) is 23.4 Å². The maximum absolute atomic E-state index is 12.8. The van der Waals surface area contributed by atoms with E-state index in [-0.39, 0.29) is 17.6 Å². The van der Waals surface area contributed by atoms with Crippen LogP contribution >= 0.6 is 0 Å². The lowest BCUT2D eigenvalue weighted by molar-refractivity contribution is -0.126. The predicted molar refractivity (Wildman–Crippen MR) is 142 cm³/mol. The second-order valence-corrected chi connectivity index (χ2v) is 9.48. The van der Waals surface area contributed by atoms with Gasteiger partial charge in [0.1, 0.15) is 34.6 Å². The number of para-hydroxylation sites is 1. The number of rotatable bonds is 8. The number of allylic oxidation sites excluding steroid dienone is 1. The number of pyridine rings is 1. The van der Waals surface area contributed by atoms with E-state index in [0.29, 0.717) is 37.0 Å². The minimum Gasteiger partial charge on any atom is -0.471 e. The number of hydrogen-bond donors (Lipinski definition) is 2. The second-order valence-electron chi connectivity index (χ2n) is 9.48. The molecule has 2 N–H and O–H groups in total. The summed E-state index contributed by atoms with van der Waals surface area (Å²) < 4.78 is 12.1. The van der Waals surface area contributed by atoms with Crippen LogP contribution < -0.4 is 14.8 Å². The van der Waals surface area contributed by atoms with Gasteiger partial charge in [-0.05, 0) is 61.2 Å². The van der Waals surface area contributed by atoms with Crippen LogP contribution in [0.1, 0.15) is 19.3 Å². The number of ether oxygens (including phenoxy) is 2. The highest BCUT2D eigenvalue weighted by atomic mass is 16.5. The number of hydrogen-bond acceptors (Lipinski definition) is 7. The topological polar surface area (TPSA) is 116 Å². The zero-order chi connectivity index (χ0) is 25.9. The van der Waals surface area contributed by atoms with Gasteiger partial charge in [0.15, 0.2) is 5.65 Å². The van der Waals surface area contributed by atoms with Crippen molar-refractivity contribution in [1.82, 2.24) is 20.1 Å². The summed E-state index contributed by atoms with van der Waals surface area (Å²) in [6, 6.07) is 21.2. The molecule has 9 heteroatoms. The van der Waals surface area contributed by atoms with Gasteiger partial charge in [-0.25, -0.2) is 4.98 Å². The molecule has 0 unspecified atom stereocenters. The van der Waals surface area contributed by atoms with E-state index in [1.807, 2.05) is 66.7 Å². The van der Waals surface area contributed by atoms with Crippen LogP contribution in [0.2, 0.25) is 0 Å². The maximum atomic E-state index is 12.8. The zero-order valence-electron chi connectivity index (χ0n) is 20.6. The fraction of sp³-hybridized carbons (Fsp3) is 0.241. The van der Waals surface area contributed by atoms with Crippen LogP contribution in [0.5, 0.6) is 17.4 Å². The first-order chi connectivity index (χ1) is 18.7. The van der Waals surface area contributed by atoms with E-state index in [2.05, 4.69) is 26.6 Å². The molecule has 4 aromatic rings. The van der Waals surface area contributed by atoms with E-state index in [1.54, 1.807) is 11.1 Å². The summed E-state index contributed by atoms with van der Waals surface area (Å²) in [5.74, 6) is 2.08. The summed E-state index contributed by atoms with van der Waals surface area (Å²) in [5.41, 5.74) is 2.49. The quantitative estimate of drug-likeness (QED) is 0.245.